The number of halogens is 1. The summed E-state index contributed by atoms with van der Waals surface area (Å²) in [6, 6.07) is 9.39. The van der Waals surface area contributed by atoms with Gasteiger partial charge in [-0.1, -0.05) is 30.7 Å². The standard InChI is InChI=1S/C28H30ClN5O3/c1-6-12-30-20(21-10-13-31-27(33-21)18(4)35)11-14-34-16(2)15-19(26(29)28(34)36)24-17(3)25(24)22-8-7-9-23(32-22)37-5/h6-15,17-18,24-25,35H,1-5H3/b12-6+,14-11+,30-20-/t17-,18?,24?,25?/m0/s1. The average Bonchev–Trinajstić information content (AvgIpc) is 3.58. The largest absolute Gasteiger partial charge is 0.481 e. The zero-order valence-electron chi connectivity index (χ0n) is 21.5. The number of nitrogens with zero attached hydrogens (tertiary/aromatic N) is 5. The fraction of sp³-hybridized carbons (Fsp3) is 0.321. The summed E-state index contributed by atoms with van der Waals surface area (Å²) in [5, 5.41) is 10.1. The smallest absolute Gasteiger partial charge is 0.273 e. The predicted molar refractivity (Wildman–Crippen MR) is 145 cm³/mol. The Kier molecular flexibility index (Phi) is 8.00. The maximum absolute atomic E-state index is 13.3. The van der Waals surface area contributed by atoms with Crippen molar-refractivity contribution in [1.29, 1.82) is 0 Å². The number of methoxy groups -OCH3 is 1. The summed E-state index contributed by atoms with van der Waals surface area (Å²) in [4.78, 5) is 30.9. The average molecular weight is 520 g/mol. The lowest BCUT2D eigenvalue weighted by atomic mass is 10.1. The molecule has 0 amide bonds. The van der Waals surface area contributed by atoms with Crippen LogP contribution in [0.4, 0.5) is 0 Å². The molecule has 192 valence electrons. The second-order valence-corrected chi connectivity index (χ2v) is 9.41. The van der Waals surface area contributed by atoms with E-state index in [9.17, 15) is 9.90 Å². The predicted octanol–water partition coefficient (Wildman–Crippen LogP) is 5.07. The molecular weight excluding hydrogens is 490 g/mol. The molecule has 3 unspecified atom stereocenters. The van der Waals surface area contributed by atoms with Crippen LogP contribution in [0.15, 0.2) is 64.7 Å². The first-order chi connectivity index (χ1) is 17.8. The lowest BCUT2D eigenvalue weighted by molar-refractivity contribution is 0.189. The van der Waals surface area contributed by atoms with Gasteiger partial charge in [0.25, 0.3) is 5.56 Å². The van der Waals surface area contributed by atoms with Crippen LogP contribution in [-0.4, -0.2) is 37.4 Å². The fourth-order valence-electron chi connectivity index (χ4n) is 4.51. The van der Waals surface area contributed by atoms with Gasteiger partial charge in [-0.05, 0) is 62.4 Å². The maximum Gasteiger partial charge on any atom is 0.273 e. The van der Waals surface area contributed by atoms with Crippen molar-refractivity contribution in [2.45, 2.75) is 45.6 Å². The molecule has 0 saturated heterocycles. The van der Waals surface area contributed by atoms with Gasteiger partial charge in [0, 0.05) is 42.0 Å². The summed E-state index contributed by atoms with van der Waals surface area (Å²) >= 11 is 6.65. The van der Waals surface area contributed by atoms with Crippen molar-refractivity contribution in [3.8, 4) is 5.88 Å². The Morgan fingerprint density at radius 2 is 2.05 bits per heavy atom. The number of aryl methyl sites for hydroxylation is 1. The third-order valence-electron chi connectivity index (χ3n) is 6.49. The van der Waals surface area contributed by atoms with E-state index in [0.717, 1.165) is 17.0 Å². The number of hydrogen-bond donors (Lipinski definition) is 1. The van der Waals surface area contributed by atoms with E-state index in [2.05, 4.69) is 26.9 Å². The Labute approximate surface area is 221 Å². The Morgan fingerprint density at radius 3 is 2.76 bits per heavy atom. The van der Waals surface area contributed by atoms with E-state index in [4.69, 9.17) is 16.3 Å². The molecule has 1 fully saturated rings. The molecular formula is C28H30ClN5O3. The number of pyridine rings is 2. The lowest BCUT2D eigenvalue weighted by Crippen LogP contribution is -2.20. The first-order valence-electron chi connectivity index (χ1n) is 12.1. The number of hydrogen-bond acceptors (Lipinski definition) is 7. The second-order valence-electron chi connectivity index (χ2n) is 9.03. The Balaban J connectivity index is 1.67. The first-order valence-corrected chi connectivity index (χ1v) is 12.5. The normalized spacial score (nSPS) is 20.5. The minimum Gasteiger partial charge on any atom is -0.481 e. The highest BCUT2D eigenvalue weighted by molar-refractivity contribution is 6.31. The van der Waals surface area contributed by atoms with Crippen LogP contribution in [-0.2, 0) is 0 Å². The molecule has 37 heavy (non-hydrogen) atoms. The van der Waals surface area contributed by atoms with E-state index in [1.807, 2.05) is 38.1 Å². The molecule has 1 aliphatic carbocycles. The summed E-state index contributed by atoms with van der Waals surface area (Å²) in [5.74, 6) is 1.42. The second kappa shape index (κ2) is 11.2. The van der Waals surface area contributed by atoms with Gasteiger partial charge in [-0.15, -0.1) is 0 Å². The van der Waals surface area contributed by atoms with Crippen LogP contribution < -0.4 is 10.3 Å². The summed E-state index contributed by atoms with van der Waals surface area (Å²) in [7, 11) is 1.60. The van der Waals surface area contributed by atoms with Crippen LogP contribution in [0, 0.1) is 12.8 Å². The van der Waals surface area contributed by atoms with Crippen molar-refractivity contribution in [3.63, 3.8) is 0 Å². The van der Waals surface area contributed by atoms with Crippen LogP contribution in [0.3, 0.4) is 0 Å². The Bertz CT molecular complexity index is 1440. The molecule has 0 radical (unpaired) electrons. The summed E-state index contributed by atoms with van der Waals surface area (Å²) in [5.41, 5.74) is 3.23. The van der Waals surface area contributed by atoms with Crippen LogP contribution in [0.2, 0.25) is 5.02 Å². The van der Waals surface area contributed by atoms with Crippen molar-refractivity contribution in [2.24, 2.45) is 10.9 Å². The zero-order valence-corrected chi connectivity index (χ0v) is 22.2. The minimum atomic E-state index is -0.816. The number of aromatic nitrogens is 4. The number of ether oxygens (including phenoxy) is 1. The molecule has 4 atom stereocenters. The van der Waals surface area contributed by atoms with Crippen molar-refractivity contribution in [1.82, 2.24) is 19.5 Å². The third kappa shape index (κ3) is 5.55. The SMILES string of the molecule is C/C=C/N=C(/C=C/n1c(C)cc(C2C(c3cccc(OC)n3)[C@H]2C)c(Cl)c1=O)c1ccnc(C(C)O)n1. The van der Waals surface area contributed by atoms with E-state index in [-0.39, 0.29) is 22.4 Å². The molecule has 1 saturated carbocycles. The van der Waals surface area contributed by atoms with Gasteiger partial charge in [0.05, 0.1) is 18.5 Å². The van der Waals surface area contributed by atoms with Crippen LogP contribution in [0.25, 0.3) is 6.20 Å². The summed E-state index contributed by atoms with van der Waals surface area (Å²) in [6.07, 6.45) is 7.51. The Morgan fingerprint density at radius 1 is 1.27 bits per heavy atom. The fourth-order valence-corrected chi connectivity index (χ4v) is 4.78. The van der Waals surface area contributed by atoms with Crippen LogP contribution in [0.1, 0.15) is 67.2 Å². The highest BCUT2D eigenvalue weighted by Crippen LogP contribution is 2.60. The molecule has 8 nitrogen and oxygen atoms in total. The lowest BCUT2D eigenvalue weighted by Gasteiger charge is -2.11. The van der Waals surface area contributed by atoms with E-state index in [0.29, 0.717) is 29.0 Å². The molecule has 3 aromatic rings. The van der Waals surface area contributed by atoms with Gasteiger partial charge in [0.15, 0.2) is 5.82 Å². The van der Waals surface area contributed by atoms with Crippen molar-refractivity contribution >= 4 is 23.5 Å². The first kappa shape index (κ1) is 26.4. The van der Waals surface area contributed by atoms with Gasteiger partial charge in [-0.25, -0.2) is 15.0 Å². The van der Waals surface area contributed by atoms with E-state index in [1.54, 1.807) is 50.8 Å². The molecule has 3 aromatic heterocycles. The monoisotopic (exact) mass is 519 g/mol. The van der Waals surface area contributed by atoms with Crippen LogP contribution >= 0.6 is 11.6 Å². The van der Waals surface area contributed by atoms with Gasteiger partial charge in [0.2, 0.25) is 5.88 Å². The van der Waals surface area contributed by atoms with Gasteiger partial charge < -0.3 is 9.84 Å². The van der Waals surface area contributed by atoms with Crippen molar-refractivity contribution in [2.75, 3.05) is 7.11 Å². The van der Waals surface area contributed by atoms with Gasteiger partial charge >= 0.3 is 0 Å². The summed E-state index contributed by atoms with van der Waals surface area (Å²) < 4.78 is 6.77. The molecule has 1 N–H and O–H groups in total. The molecule has 1 aliphatic rings. The van der Waals surface area contributed by atoms with E-state index in [1.165, 1.54) is 4.57 Å². The molecule has 0 aliphatic heterocycles. The minimum absolute atomic E-state index is 0.101. The highest BCUT2D eigenvalue weighted by atomic mass is 35.5. The quantitative estimate of drug-likeness (QED) is 0.417. The number of rotatable bonds is 8. The van der Waals surface area contributed by atoms with Crippen molar-refractivity contribution in [3.05, 3.63) is 98.7 Å². The summed E-state index contributed by atoms with van der Waals surface area (Å²) in [6.45, 7) is 7.46. The van der Waals surface area contributed by atoms with Crippen LogP contribution in [0.5, 0.6) is 5.88 Å². The number of aliphatic hydroxyl groups excluding tert-OH is 1. The van der Waals surface area contributed by atoms with Gasteiger partial charge in [-0.2, -0.15) is 0 Å². The molecule has 9 heteroatoms. The molecule has 0 bridgehead atoms. The maximum atomic E-state index is 13.3. The number of aliphatic hydroxyl groups is 1. The number of allylic oxidation sites excluding steroid dienone is 2. The Hall–Kier alpha value is -3.62. The molecule has 0 aromatic carbocycles. The molecule has 3 heterocycles. The highest BCUT2D eigenvalue weighted by Gasteiger charge is 2.50. The molecule has 0 spiro atoms. The van der Waals surface area contributed by atoms with Crippen molar-refractivity contribution < 1.29 is 9.84 Å². The van der Waals surface area contributed by atoms with Gasteiger partial charge in [-0.3, -0.25) is 14.4 Å². The van der Waals surface area contributed by atoms with E-state index >= 15 is 0 Å². The zero-order chi connectivity index (χ0) is 26.7. The molecule has 4 rings (SSSR count). The van der Waals surface area contributed by atoms with Gasteiger partial charge in [0.1, 0.15) is 11.1 Å². The third-order valence-corrected chi connectivity index (χ3v) is 6.87. The number of aliphatic imine (C=N–C) groups is 1. The van der Waals surface area contributed by atoms with E-state index < -0.39 is 6.10 Å². The topological polar surface area (TPSA) is 102 Å².